The first-order chi connectivity index (χ1) is 18.8. The summed E-state index contributed by atoms with van der Waals surface area (Å²) in [7, 11) is 2.87. The van der Waals surface area contributed by atoms with Crippen LogP contribution in [0.1, 0.15) is 68.2 Å². The number of halogens is 2. The highest BCUT2D eigenvalue weighted by Crippen LogP contribution is 2.40. The van der Waals surface area contributed by atoms with Crippen LogP contribution in [0, 0.1) is 11.6 Å². The molecule has 0 aromatic heterocycles. The highest BCUT2D eigenvalue weighted by Gasteiger charge is 2.31. The van der Waals surface area contributed by atoms with Crippen LogP contribution >= 0.6 is 0 Å². The Morgan fingerprint density at radius 2 is 1.15 bits per heavy atom. The first-order valence-corrected chi connectivity index (χ1v) is 13.4. The fraction of sp³-hybridized carbons (Fsp3) is 0.517. The Balaban J connectivity index is 1.38. The number of rotatable bonds is 12. The van der Waals surface area contributed by atoms with Gasteiger partial charge >= 0.3 is 0 Å². The van der Waals surface area contributed by atoms with Gasteiger partial charge in [0.05, 0.1) is 27.4 Å². The third-order valence-electron chi connectivity index (χ3n) is 7.04. The monoisotopic (exact) mass is 546 g/mol. The van der Waals surface area contributed by atoms with E-state index in [2.05, 4.69) is 0 Å². The zero-order valence-corrected chi connectivity index (χ0v) is 23.0. The number of amides is 2. The summed E-state index contributed by atoms with van der Waals surface area (Å²) in [5.74, 6) is -0.618. The Morgan fingerprint density at radius 1 is 0.744 bits per heavy atom. The fourth-order valence-corrected chi connectivity index (χ4v) is 5.00. The molecule has 0 spiro atoms. The van der Waals surface area contributed by atoms with Crippen molar-refractivity contribution in [2.24, 2.45) is 0 Å². The van der Waals surface area contributed by atoms with Crippen LogP contribution in [0.25, 0.3) is 0 Å². The number of carbonyl (C=O) groups is 2. The van der Waals surface area contributed by atoms with Crippen molar-refractivity contribution >= 4 is 11.8 Å². The lowest BCUT2D eigenvalue weighted by atomic mass is 10.1. The van der Waals surface area contributed by atoms with E-state index in [0.717, 1.165) is 12.8 Å². The first-order valence-electron chi connectivity index (χ1n) is 13.4. The number of ether oxygens (including phenoxy) is 4. The number of carbonyl (C=O) groups excluding carboxylic acids is 2. The van der Waals surface area contributed by atoms with Gasteiger partial charge in [-0.3, -0.25) is 9.59 Å². The minimum absolute atomic E-state index is 0.0128. The number of methoxy groups -OCH3 is 2. The Labute approximate surface area is 227 Å². The quantitative estimate of drug-likeness (QED) is 0.344. The molecule has 0 aliphatic carbocycles. The number of hydrogen-bond acceptors (Lipinski definition) is 6. The second-order valence-corrected chi connectivity index (χ2v) is 9.77. The largest absolute Gasteiger partial charge is 0.493 e. The van der Waals surface area contributed by atoms with Gasteiger partial charge in [-0.2, -0.15) is 0 Å². The molecule has 0 saturated heterocycles. The van der Waals surface area contributed by atoms with E-state index in [9.17, 15) is 9.59 Å². The van der Waals surface area contributed by atoms with Crippen molar-refractivity contribution in [3.05, 3.63) is 46.0 Å². The fourth-order valence-electron chi connectivity index (χ4n) is 5.00. The van der Waals surface area contributed by atoms with Gasteiger partial charge in [0.25, 0.3) is 0 Å². The molecule has 0 radical (unpaired) electrons. The van der Waals surface area contributed by atoms with Crippen molar-refractivity contribution < 1.29 is 37.3 Å². The summed E-state index contributed by atoms with van der Waals surface area (Å²) >= 11 is 0. The van der Waals surface area contributed by atoms with Gasteiger partial charge in [0.15, 0.2) is 34.6 Å². The summed E-state index contributed by atoms with van der Waals surface area (Å²) in [6.07, 6.45) is 2.63. The maximum Gasteiger partial charge on any atom is 0.223 e. The summed E-state index contributed by atoms with van der Waals surface area (Å²) < 4.78 is 52.9. The molecule has 4 rings (SSSR count). The molecular weight excluding hydrogens is 510 g/mol. The lowest BCUT2D eigenvalue weighted by Gasteiger charge is -2.16. The van der Waals surface area contributed by atoms with Crippen molar-refractivity contribution in [2.75, 3.05) is 27.4 Å². The van der Waals surface area contributed by atoms with Crippen LogP contribution < -0.4 is 18.9 Å². The second-order valence-electron chi connectivity index (χ2n) is 9.77. The van der Waals surface area contributed by atoms with Crippen LogP contribution in [0.4, 0.5) is 8.78 Å². The Kier molecular flexibility index (Phi) is 9.14. The molecule has 10 heteroatoms. The molecule has 0 bridgehead atoms. The summed E-state index contributed by atoms with van der Waals surface area (Å²) in [6, 6.07) is 3.42. The van der Waals surface area contributed by atoms with E-state index in [1.807, 2.05) is 13.8 Å². The van der Waals surface area contributed by atoms with Crippen LogP contribution in [0.2, 0.25) is 0 Å². The molecule has 39 heavy (non-hydrogen) atoms. The highest BCUT2D eigenvalue weighted by molar-refractivity contribution is 5.77. The molecule has 2 aliphatic heterocycles. The summed E-state index contributed by atoms with van der Waals surface area (Å²) in [5.41, 5.74) is 2.28. The Morgan fingerprint density at radius 3 is 1.51 bits per heavy atom. The van der Waals surface area contributed by atoms with Crippen LogP contribution in [0.5, 0.6) is 23.0 Å². The Bertz CT molecular complexity index is 1140. The van der Waals surface area contributed by atoms with Gasteiger partial charge in [0, 0.05) is 56.6 Å². The molecular formula is C29H36F2N2O6. The lowest BCUT2D eigenvalue weighted by molar-refractivity contribution is -0.132. The molecule has 2 aliphatic rings. The van der Waals surface area contributed by atoms with E-state index >= 15 is 8.78 Å². The zero-order valence-electron chi connectivity index (χ0n) is 23.0. The van der Waals surface area contributed by atoms with Gasteiger partial charge in [-0.05, 0) is 36.1 Å². The van der Waals surface area contributed by atoms with Gasteiger partial charge in [-0.1, -0.05) is 13.8 Å². The number of fused-ring (bicyclic) bond motifs is 2. The molecule has 2 amide bonds. The predicted octanol–water partition coefficient (Wildman–Crippen LogP) is 5.11. The van der Waals surface area contributed by atoms with Crippen LogP contribution in [0.15, 0.2) is 12.1 Å². The molecule has 8 nitrogen and oxygen atoms in total. The Hall–Kier alpha value is -3.56. The van der Waals surface area contributed by atoms with Crippen molar-refractivity contribution in [1.29, 1.82) is 0 Å². The smallest absolute Gasteiger partial charge is 0.223 e. The third-order valence-corrected chi connectivity index (χ3v) is 7.04. The van der Waals surface area contributed by atoms with E-state index in [0.29, 0.717) is 54.6 Å². The molecule has 2 aromatic carbocycles. The molecule has 0 unspecified atom stereocenters. The van der Waals surface area contributed by atoms with E-state index in [4.69, 9.17) is 18.9 Å². The maximum atomic E-state index is 15.4. The van der Waals surface area contributed by atoms with E-state index in [1.165, 1.54) is 14.2 Å². The van der Waals surface area contributed by atoms with Crippen LogP contribution in [-0.2, 0) is 35.8 Å². The standard InChI is InChI=1S/C29H36F2N2O6/c1-5-8-24(34)32-14-18-12-22(36-3)28(26(30)20(18)16-32)38-10-7-11-39-29-23(37-4)13-19-15-33(25(35)9-6-2)17-21(19)27(29)31/h12-13H,5-11,14-17H2,1-4H3. The predicted molar refractivity (Wildman–Crippen MR) is 140 cm³/mol. The SMILES string of the molecule is CCCC(=O)N1Cc2cc(OC)c(OCCCOc3c(OC)cc4c(c3F)CN(C(=O)CCC)C4)c(F)c2C1. The average Bonchev–Trinajstić information content (AvgIpc) is 3.56. The number of hydrogen-bond donors (Lipinski definition) is 0. The molecule has 212 valence electrons. The van der Waals surface area contributed by atoms with Gasteiger partial charge in [0.1, 0.15) is 0 Å². The van der Waals surface area contributed by atoms with Crippen LogP contribution in [-0.4, -0.2) is 49.0 Å². The topological polar surface area (TPSA) is 77.5 Å². The molecule has 2 heterocycles. The van der Waals surface area contributed by atoms with Crippen molar-refractivity contribution in [3.63, 3.8) is 0 Å². The zero-order chi connectivity index (χ0) is 28.1. The molecule has 0 saturated carbocycles. The summed E-state index contributed by atoms with van der Waals surface area (Å²) in [6.45, 7) is 5.13. The minimum atomic E-state index is -0.537. The van der Waals surface area contributed by atoms with Gasteiger partial charge in [0.2, 0.25) is 11.8 Å². The average molecular weight is 547 g/mol. The van der Waals surface area contributed by atoms with Gasteiger partial charge in [-0.15, -0.1) is 0 Å². The van der Waals surface area contributed by atoms with E-state index in [-0.39, 0.29) is 61.1 Å². The van der Waals surface area contributed by atoms with Crippen molar-refractivity contribution in [2.45, 2.75) is 72.1 Å². The van der Waals surface area contributed by atoms with E-state index in [1.54, 1.807) is 21.9 Å². The maximum absolute atomic E-state index is 15.4. The first kappa shape index (κ1) is 28.4. The molecule has 0 N–H and O–H groups in total. The molecule has 0 atom stereocenters. The second kappa shape index (κ2) is 12.5. The number of benzene rings is 2. The minimum Gasteiger partial charge on any atom is -0.493 e. The van der Waals surface area contributed by atoms with E-state index < -0.39 is 11.6 Å². The van der Waals surface area contributed by atoms with Gasteiger partial charge < -0.3 is 28.7 Å². The molecule has 2 aromatic rings. The van der Waals surface area contributed by atoms with Gasteiger partial charge in [-0.25, -0.2) is 8.78 Å². The number of nitrogens with zero attached hydrogens (tertiary/aromatic N) is 2. The van der Waals surface area contributed by atoms with Crippen molar-refractivity contribution in [3.8, 4) is 23.0 Å². The van der Waals surface area contributed by atoms with Crippen molar-refractivity contribution in [1.82, 2.24) is 9.80 Å². The third kappa shape index (κ3) is 5.89. The highest BCUT2D eigenvalue weighted by atomic mass is 19.1. The summed E-state index contributed by atoms with van der Waals surface area (Å²) in [5, 5.41) is 0. The lowest BCUT2D eigenvalue weighted by Crippen LogP contribution is -2.24. The normalized spacial score (nSPS) is 13.8. The molecule has 0 fully saturated rings. The van der Waals surface area contributed by atoms with Crippen LogP contribution in [0.3, 0.4) is 0 Å². The summed E-state index contributed by atoms with van der Waals surface area (Å²) in [4.78, 5) is 27.9.